The van der Waals surface area contributed by atoms with Crippen molar-refractivity contribution in [3.8, 4) is 11.5 Å². The van der Waals surface area contributed by atoms with Crippen LogP contribution in [-0.2, 0) is 0 Å². The van der Waals surface area contributed by atoms with Crippen molar-refractivity contribution in [1.29, 1.82) is 0 Å². The number of nitrogens with zero attached hydrogens (tertiary/aromatic N) is 1. The molecule has 0 spiro atoms. The summed E-state index contributed by atoms with van der Waals surface area (Å²) in [7, 11) is 0. The van der Waals surface area contributed by atoms with Crippen LogP contribution in [0.3, 0.4) is 0 Å². The van der Waals surface area contributed by atoms with Crippen molar-refractivity contribution < 1.29 is 19.2 Å². The van der Waals surface area contributed by atoms with Crippen LogP contribution in [0.15, 0.2) is 36.4 Å². The normalized spacial score (nSPS) is 13.0. The van der Waals surface area contributed by atoms with Gasteiger partial charge in [0.2, 0.25) is 0 Å². The monoisotopic (exact) mass is 348 g/mol. The summed E-state index contributed by atoms with van der Waals surface area (Å²) >= 11 is 5.75. The lowest BCUT2D eigenvalue weighted by molar-refractivity contribution is -0.384. The number of anilines is 1. The van der Waals surface area contributed by atoms with E-state index in [9.17, 15) is 14.9 Å². The van der Waals surface area contributed by atoms with Crippen molar-refractivity contribution in [2.24, 2.45) is 0 Å². The summed E-state index contributed by atoms with van der Waals surface area (Å²) in [6.45, 7) is 1.11. The summed E-state index contributed by atoms with van der Waals surface area (Å²) in [5.74, 6) is 0.685. The van der Waals surface area contributed by atoms with Gasteiger partial charge in [0.15, 0.2) is 11.5 Å². The number of carbonyl (C=O) groups excluding carboxylic acids is 1. The molecule has 0 aliphatic carbocycles. The largest absolute Gasteiger partial charge is 0.490 e. The van der Waals surface area contributed by atoms with Crippen LogP contribution < -0.4 is 14.8 Å². The number of nitro benzene ring substituents is 1. The van der Waals surface area contributed by atoms with E-state index in [-0.39, 0.29) is 16.3 Å². The SMILES string of the molecule is O=C(Nc1ccc2c(c1)OCCCO2)c1ccc(Cl)c([N+](=O)[O-])c1. The number of fused-ring (bicyclic) bond motifs is 1. The van der Waals surface area contributed by atoms with Gasteiger partial charge >= 0.3 is 0 Å². The van der Waals surface area contributed by atoms with E-state index < -0.39 is 10.8 Å². The number of amides is 1. The van der Waals surface area contributed by atoms with Gasteiger partial charge in [-0.3, -0.25) is 14.9 Å². The Labute approximate surface area is 142 Å². The fourth-order valence-electron chi connectivity index (χ4n) is 2.24. The van der Waals surface area contributed by atoms with E-state index in [4.69, 9.17) is 21.1 Å². The van der Waals surface area contributed by atoms with E-state index in [1.165, 1.54) is 12.1 Å². The van der Waals surface area contributed by atoms with Crippen LogP contribution in [0.2, 0.25) is 5.02 Å². The van der Waals surface area contributed by atoms with Crippen molar-refractivity contribution in [1.82, 2.24) is 0 Å². The Morgan fingerprint density at radius 3 is 2.62 bits per heavy atom. The number of ether oxygens (including phenoxy) is 2. The number of rotatable bonds is 3. The van der Waals surface area contributed by atoms with Crippen molar-refractivity contribution in [3.05, 3.63) is 57.1 Å². The number of hydrogen-bond donors (Lipinski definition) is 1. The van der Waals surface area contributed by atoms with Gasteiger partial charge in [-0.05, 0) is 24.3 Å². The van der Waals surface area contributed by atoms with Crippen LogP contribution in [-0.4, -0.2) is 24.0 Å². The van der Waals surface area contributed by atoms with Crippen LogP contribution in [0.4, 0.5) is 11.4 Å². The Morgan fingerprint density at radius 1 is 1.12 bits per heavy atom. The fourth-order valence-corrected chi connectivity index (χ4v) is 2.42. The summed E-state index contributed by atoms with van der Waals surface area (Å²) in [6, 6.07) is 8.93. The minimum atomic E-state index is -0.632. The van der Waals surface area contributed by atoms with Crippen molar-refractivity contribution >= 4 is 28.9 Å². The molecule has 0 saturated carbocycles. The number of hydrogen-bond acceptors (Lipinski definition) is 5. The van der Waals surface area contributed by atoms with Crippen molar-refractivity contribution in [2.75, 3.05) is 18.5 Å². The molecule has 124 valence electrons. The molecule has 1 N–H and O–H groups in total. The molecule has 7 nitrogen and oxygen atoms in total. The van der Waals surface area contributed by atoms with Crippen molar-refractivity contribution in [3.63, 3.8) is 0 Å². The van der Waals surface area contributed by atoms with Gasteiger partial charge in [0.05, 0.1) is 18.1 Å². The minimum absolute atomic E-state index is 0.0212. The summed E-state index contributed by atoms with van der Waals surface area (Å²) in [4.78, 5) is 22.6. The van der Waals surface area contributed by atoms with E-state index in [1.807, 2.05) is 0 Å². The highest BCUT2D eigenvalue weighted by Crippen LogP contribution is 2.32. The average molecular weight is 349 g/mol. The quantitative estimate of drug-likeness (QED) is 0.675. The lowest BCUT2D eigenvalue weighted by atomic mass is 10.2. The fraction of sp³-hybridized carbons (Fsp3) is 0.188. The molecule has 1 heterocycles. The molecular weight excluding hydrogens is 336 g/mol. The Hall–Kier alpha value is -2.80. The second-order valence-corrected chi connectivity index (χ2v) is 5.50. The van der Waals surface area contributed by atoms with Gasteiger partial charge in [-0.25, -0.2) is 0 Å². The molecule has 0 unspecified atom stereocenters. The molecule has 0 radical (unpaired) electrons. The van der Waals surface area contributed by atoms with Gasteiger partial charge in [-0.1, -0.05) is 11.6 Å². The third-order valence-electron chi connectivity index (χ3n) is 3.41. The summed E-state index contributed by atoms with van der Waals surface area (Å²) in [5.41, 5.74) is 0.322. The first-order chi connectivity index (χ1) is 11.5. The smallest absolute Gasteiger partial charge is 0.288 e. The maximum atomic E-state index is 12.3. The van der Waals surface area contributed by atoms with E-state index in [0.717, 1.165) is 12.5 Å². The molecule has 3 rings (SSSR count). The molecule has 2 aromatic carbocycles. The Kier molecular flexibility index (Phi) is 4.52. The predicted octanol–water partition coefficient (Wildman–Crippen LogP) is 3.66. The minimum Gasteiger partial charge on any atom is -0.490 e. The zero-order valence-corrected chi connectivity index (χ0v) is 13.2. The molecule has 1 aliphatic heterocycles. The van der Waals surface area contributed by atoms with Gasteiger partial charge in [0.1, 0.15) is 5.02 Å². The number of nitro groups is 1. The van der Waals surface area contributed by atoms with E-state index in [2.05, 4.69) is 5.32 Å². The number of benzene rings is 2. The molecule has 0 fully saturated rings. The molecule has 0 atom stereocenters. The van der Waals surface area contributed by atoms with Gasteiger partial charge in [0, 0.05) is 29.8 Å². The lowest BCUT2D eigenvalue weighted by Gasteiger charge is -2.10. The van der Waals surface area contributed by atoms with Crippen molar-refractivity contribution in [2.45, 2.75) is 6.42 Å². The predicted molar refractivity (Wildman–Crippen MR) is 88.1 cm³/mol. The Morgan fingerprint density at radius 2 is 1.88 bits per heavy atom. The van der Waals surface area contributed by atoms with Gasteiger partial charge < -0.3 is 14.8 Å². The van der Waals surface area contributed by atoms with Gasteiger partial charge in [-0.2, -0.15) is 0 Å². The van der Waals surface area contributed by atoms with E-state index >= 15 is 0 Å². The number of halogens is 1. The highest BCUT2D eigenvalue weighted by molar-refractivity contribution is 6.32. The second-order valence-electron chi connectivity index (χ2n) is 5.09. The average Bonchev–Trinajstić information content (AvgIpc) is 2.79. The molecule has 0 saturated heterocycles. The third kappa shape index (κ3) is 3.41. The Bertz CT molecular complexity index is 809. The first-order valence-corrected chi connectivity index (χ1v) is 7.57. The molecule has 24 heavy (non-hydrogen) atoms. The first-order valence-electron chi connectivity index (χ1n) is 7.19. The molecule has 1 amide bonds. The summed E-state index contributed by atoms with van der Waals surface area (Å²) in [6.07, 6.45) is 0.783. The lowest BCUT2D eigenvalue weighted by Crippen LogP contribution is -2.12. The van der Waals surface area contributed by atoms with Crippen LogP contribution in [0, 0.1) is 10.1 Å². The van der Waals surface area contributed by atoms with E-state index in [1.54, 1.807) is 18.2 Å². The Balaban J connectivity index is 1.81. The highest BCUT2D eigenvalue weighted by Gasteiger charge is 2.17. The molecule has 0 aromatic heterocycles. The molecular formula is C16H13ClN2O5. The number of nitrogens with one attached hydrogen (secondary N) is 1. The topological polar surface area (TPSA) is 90.7 Å². The zero-order valence-electron chi connectivity index (χ0n) is 12.5. The number of carbonyl (C=O) groups is 1. The van der Waals surface area contributed by atoms with Crippen LogP contribution in [0.1, 0.15) is 16.8 Å². The summed E-state index contributed by atoms with van der Waals surface area (Å²) < 4.78 is 11.1. The molecule has 0 bridgehead atoms. The zero-order chi connectivity index (χ0) is 17.1. The maximum Gasteiger partial charge on any atom is 0.288 e. The van der Waals surface area contributed by atoms with Gasteiger partial charge in [0.25, 0.3) is 11.6 Å². The molecule has 1 aliphatic rings. The summed E-state index contributed by atoms with van der Waals surface area (Å²) in [5, 5.41) is 13.6. The van der Waals surface area contributed by atoms with Crippen LogP contribution in [0.25, 0.3) is 0 Å². The highest BCUT2D eigenvalue weighted by atomic mass is 35.5. The standard InChI is InChI=1S/C16H13ClN2O5/c17-12-4-2-10(8-13(12)19(21)22)16(20)18-11-3-5-14-15(9-11)24-7-1-6-23-14/h2-5,8-9H,1,6-7H2,(H,18,20). The molecule has 8 heteroatoms. The maximum absolute atomic E-state index is 12.3. The van der Waals surface area contributed by atoms with Crippen LogP contribution in [0.5, 0.6) is 11.5 Å². The first kappa shape index (κ1) is 16.1. The van der Waals surface area contributed by atoms with Gasteiger partial charge in [-0.15, -0.1) is 0 Å². The molecule has 2 aromatic rings. The third-order valence-corrected chi connectivity index (χ3v) is 3.73. The van der Waals surface area contributed by atoms with E-state index in [0.29, 0.717) is 30.4 Å². The second kappa shape index (κ2) is 6.76. The van der Waals surface area contributed by atoms with Crippen LogP contribution >= 0.6 is 11.6 Å².